The molecule has 7 N–H and O–H groups in total. The molecule has 0 aliphatic rings. The van der Waals surface area contributed by atoms with Crippen molar-refractivity contribution in [3.63, 3.8) is 0 Å². The first-order chi connectivity index (χ1) is 5.33. The highest BCUT2D eigenvalue weighted by atomic mass is 16.3. The lowest BCUT2D eigenvalue weighted by molar-refractivity contribution is 0.186. The van der Waals surface area contributed by atoms with Gasteiger partial charge in [0.25, 0.3) is 0 Å². The van der Waals surface area contributed by atoms with E-state index in [0.717, 1.165) is 13.1 Å². The van der Waals surface area contributed by atoms with E-state index in [9.17, 15) is 0 Å². The summed E-state index contributed by atoms with van der Waals surface area (Å²) >= 11 is 0. The first-order valence-electron chi connectivity index (χ1n) is 3.66. The maximum atomic E-state index is 7.62. The summed E-state index contributed by atoms with van der Waals surface area (Å²) in [7, 11) is 0. The molecule has 0 aromatic rings. The van der Waals surface area contributed by atoms with Crippen LogP contribution in [0.15, 0.2) is 0 Å². The summed E-state index contributed by atoms with van der Waals surface area (Å²) in [4.78, 5) is 0. The number of aliphatic hydroxyl groups is 2. The largest absolute Gasteiger partial charge is 0.394 e. The third kappa shape index (κ3) is 25.9. The van der Waals surface area contributed by atoms with E-state index in [-0.39, 0.29) is 13.2 Å². The number of aliphatic hydroxyl groups excluding tert-OH is 2. The van der Waals surface area contributed by atoms with Gasteiger partial charge in [0.1, 0.15) is 0 Å². The second-order valence-electron chi connectivity index (χ2n) is 1.77. The Hall–Kier alpha value is -0.200. The molecule has 0 spiro atoms. The van der Waals surface area contributed by atoms with Crippen LogP contribution in [0.1, 0.15) is 0 Å². The summed E-state index contributed by atoms with van der Waals surface area (Å²) in [5, 5.41) is 18.3. The minimum absolute atomic E-state index is 0.125. The maximum Gasteiger partial charge on any atom is 0.0662 e. The van der Waals surface area contributed by atoms with E-state index in [4.69, 9.17) is 21.7 Å². The molecule has 70 valence electrons. The summed E-state index contributed by atoms with van der Waals surface area (Å²) in [6.07, 6.45) is 0. The molecule has 0 rings (SSSR count). The number of hydrogen-bond acceptors (Lipinski definition) is 5. The molecule has 0 heterocycles. The lowest BCUT2D eigenvalue weighted by Crippen LogP contribution is -2.27. The zero-order valence-electron chi connectivity index (χ0n) is 6.79. The number of rotatable bonds is 5. The van der Waals surface area contributed by atoms with E-state index in [0.29, 0.717) is 13.1 Å². The van der Waals surface area contributed by atoms with Gasteiger partial charge >= 0.3 is 0 Å². The fourth-order valence-corrected chi connectivity index (χ4v) is 0.329. The predicted molar refractivity (Wildman–Crippen MR) is 45.2 cm³/mol. The van der Waals surface area contributed by atoms with Gasteiger partial charge in [-0.05, 0) is 0 Å². The van der Waals surface area contributed by atoms with Crippen LogP contribution in [0.2, 0.25) is 0 Å². The Labute approximate surface area is 67.4 Å². The lowest BCUT2D eigenvalue weighted by Gasteiger charge is -1.95. The third-order valence-electron chi connectivity index (χ3n) is 0.742. The molecule has 0 unspecified atom stereocenters. The van der Waals surface area contributed by atoms with Crippen molar-refractivity contribution in [3.05, 3.63) is 0 Å². The van der Waals surface area contributed by atoms with Crippen molar-refractivity contribution in [2.75, 3.05) is 39.4 Å². The Bertz CT molecular complexity index is 49.1. The molecule has 0 aliphatic carbocycles. The molecule has 0 amide bonds. The van der Waals surface area contributed by atoms with Crippen LogP contribution in [-0.2, 0) is 0 Å². The van der Waals surface area contributed by atoms with E-state index >= 15 is 0 Å². The van der Waals surface area contributed by atoms with Crippen molar-refractivity contribution < 1.29 is 10.2 Å². The van der Waals surface area contributed by atoms with Crippen LogP contribution in [0.3, 0.4) is 0 Å². The van der Waals surface area contributed by atoms with Gasteiger partial charge in [0.15, 0.2) is 0 Å². The average Bonchev–Trinajstić information content (AvgIpc) is 2.06. The maximum absolute atomic E-state index is 7.62. The van der Waals surface area contributed by atoms with Crippen molar-refractivity contribution in [2.24, 2.45) is 11.5 Å². The predicted octanol–water partition coefficient (Wildman–Crippen LogP) is -2.54. The second-order valence-corrected chi connectivity index (χ2v) is 1.77. The first kappa shape index (κ1) is 13.4. The monoisotopic (exact) mass is 165 g/mol. The van der Waals surface area contributed by atoms with E-state index < -0.39 is 0 Å². The van der Waals surface area contributed by atoms with Crippen LogP contribution in [0.5, 0.6) is 0 Å². The van der Waals surface area contributed by atoms with Crippen molar-refractivity contribution in [1.82, 2.24) is 5.32 Å². The van der Waals surface area contributed by atoms with Crippen molar-refractivity contribution in [2.45, 2.75) is 0 Å². The van der Waals surface area contributed by atoms with E-state index in [1.54, 1.807) is 0 Å². The molecule has 5 heteroatoms. The van der Waals surface area contributed by atoms with Gasteiger partial charge in [0.2, 0.25) is 0 Å². The standard InChI is InChI=1S/C4H13N3.C2H6O2/c5-1-3-7-4-2-6;3-1-2-4/h7H,1-6H2;3-4H,1-2H2. The van der Waals surface area contributed by atoms with Gasteiger partial charge in [-0.2, -0.15) is 0 Å². The molecule has 0 radical (unpaired) electrons. The third-order valence-corrected chi connectivity index (χ3v) is 0.742. The molecule has 0 aromatic heterocycles. The van der Waals surface area contributed by atoms with Gasteiger partial charge in [-0.1, -0.05) is 0 Å². The molecular formula is C6H19N3O2. The molecule has 0 atom stereocenters. The fourth-order valence-electron chi connectivity index (χ4n) is 0.329. The topological polar surface area (TPSA) is 105 Å². The van der Waals surface area contributed by atoms with E-state index in [2.05, 4.69) is 5.32 Å². The number of nitrogens with two attached hydrogens (primary N) is 2. The number of nitrogens with one attached hydrogen (secondary N) is 1. The van der Waals surface area contributed by atoms with E-state index in [1.165, 1.54) is 0 Å². The summed E-state index contributed by atoms with van der Waals surface area (Å²) in [5.74, 6) is 0. The zero-order valence-corrected chi connectivity index (χ0v) is 6.79. The summed E-state index contributed by atoms with van der Waals surface area (Å²) < 4.78 is 0. The van der Waals surface area contributed by atoms with Gasteiger partial charge in [-0.15, -0.1) is 0 Å². The Balaban J connectivity index is 0. The van der Waals surface area contributed by atoms with Gasteiger partial charge in [-0.25, -0.2) is 0 Å². The Morgan fingerprint density at radius 3 is 1.45 bits per heavy atom. The molecule has 0 saturated heterocycles. The Morgan fingerprint density at radius 2 is 1.27 bits per heavy atom. The lowest BCUT2D eigenvalue weighted by atomic mass is 10.6. The molecule has 0 aromatic carbocycles. The van der Waals surface area contributed by atoms with Gasteiger partial charge < -0.3 is 27.0 Å². The molecular weight excluding hydrogens is 146 g/mol. The van der Waals surface area contributed by atoms with Crippen LogP contribution >= 0.6 is 0 Å². The highest BCUT2D eigenvalue weighted by Crippen LogP contribution is 1.49. The summed E-state index contributed by atoms with van der Waals surface area (Å²) in [6.45, 7) is 2.88. The normalized spacial score (nSPS) is 8.73. The van der Waals surface area contributed by atoms with Crippen LogP contribution in [-0.4, -0.2) is 49.6 Å². The molecule has 0 bridgehead atoms. The van der Waals surface area contributed by atoms with E-state index in [1.807, 2.05) is 0 Å². The first-order valence-corrected chi connectivity index (χ1v) is 3.66. The van der Waals surface area contributed by atoms with Crippen LogP contribution in [0, 0.1) is 0 Å². The minimum atomic E-state index is -0.125. The molecule has 0 aliphatic heterocycles. The number of hydrogen-bond donors (Lipinski definition) is 5. The quantitative estimate of drug-likeness (QED) is 0.289. The van der Waals surface area contributed by atoms with Crippen molar-refractivity contribution in [1.29, 1.82) is 0 Å². The van der Waals surface area contributed by atoms with Gasteiger partial charge in [0, 0.05) is 26.2 Å². The van der Waals surface area contributed by atoms with Gasteiger partial charge in [-0.3, -0.25) is 0 Å². The molecule has 5 nitrogen and oxygen atoms in total. The summed E-state index contributed by atoms with van der Waals surface area (Å²) in [6, 6.07) is 0. The highest BCUT2D eigenvalue weighted by molar-refractivity contribution is 4.45. The van der Waals surface area contributed by atoms with Crippen LogP contribution in [0.4, 0.5) is 0 Å². The van der Waals surface area contributed by atoms with Crippen molar-refractivity contribution in [3.8, 4) is 0 Å². The van der Waals surface area contributed by atoms with Crippen molar-refractivity contribution >= 4 is 0 Å². The van der Waals surface area contributed by atoms with Gasteiger partial charge in [0.05, 0.1) is 13.2 Å². The fraction of sp³-hybridized carbons (Fsp3) is 1.00. The second kappa shape index (κ2) is 16.4. The zero-order chi connectivity index (χ0) is 8.95. The average molecular weight is 165 g/mol. The Kier molecular flexibility index (Phi) is 20.0. The van der Waals surface area contributed by atoms with Crippen LogP contribution in [0.25, 0.3) is 0 Å². The Morgan fingerprint density at radius 1 is 0.909 bits per heavy atom. The SMILES string of the molecule is NCCNCCN.OCCO. The minimum Gasteiger partial charge on any atom is -0.394 e. The smallest absolute Gasteiger partial charge is 0.0662 e. The molecule has 11 heavy (non-hydrogen) atoms. The highest BCUT2D eigenvalue weighted by Gasteiger charge is 1.76. The molecule has 0 fully saturated rings. The molecule has 0 saturated carbocycles. The summed E-state index contributed by atoms with van der Waals surface area (Å²) in [5.41, 5.74) is 10.3. The van der Waals surface area contributed by atoms with Crippen LogP contribution < -0.4 is 16.8 Å².